The number of pyridine rings is 1. The Bertz CT molecular complexity index is 961. The van der Waals surface area contributed by atoms with E-state index in [0.717, 1.165) is 41.1 Å². The molecule has 138 valence electrons. The van der Waals surface area contributed by atoms with E-state index in [1.807, 2.05) is 35.2 Å². The molecule has 0 bridgehead atoms. The van der Waals surface area contributed by atoms with Crippen molar-refractivity contribution in [1.82, 2.24) is 14.9 Å². The Morgan fingerprint density at radius 2 is 1.96 bits per heavy atom. The van der Waals surface area contributed by atoms with Gasteiger partial charge in [-0.25, -0.2) is 4.98 Å². The summed E-state index contributed by atoms with van der Waals surface area (Å²) in [6, 6.07) is 9.64. The molecule has 27 heavy (non-hydrogen) atoms. The molecule has 0 saturated carbocycles. The van der Waals surface area contributed by atoms with Crippen molar-refractivity contribution in [2.24, 2.45) is 0 Å². The fourth-order valence-corrected chi connectivity index (χ4v) is 3.76. The molecule has 0 spiro atoms. The molecular formula is C20H20N4O3. The number of aromatic nitrogens is 2. The lowest BCUT2D eigenvalue weighted by Crippen LogP contribution is -2.37. The molecule has 2 aliphatic rings. The molecule has 2 aliphatic heterocycles. The van der Waals surface area contributed by atoms with Gasteiger partial charge in [0.05, 0.1) is 36.7 Å². The van der Waals surface area contributed by atoms with Crippen molar-refractivity contribution in [3.63, 3.8) is 0 Å². The number of amides is 1. The summed E-state index contributed by atoms with van der Waals surface area (Å²) in [5.74, 6) is 0.692. The van der Waals surface area contributed by atoms with E-state index in [-0.39, 0.29) is 5.91 Å². The van der Waals surface area contributed by atoms with Crippen LogP contribution < -0.4 is 4.90 Å². The minimum atomic E-state index is 0.0377. The third-order valence-corrected chi connectivity index (χ3v) is 5.13. The second kappa shape index (κ2) is 6.66. The number of carbonyl (C=O) groups excluding carboxylic acids is 1. The molecule has 2 aromatic heterocycles. The van der Waals surface area contributed by atoms with Gasteiger partial charge in [-0.2, -0.15) is 0 Å². The van der Waals surface area contributed by atoms with Gasteiger partial charge in [-0.1, -0.05) is 12.1 Å². The van der Waals surface area contributed by atoms with Crippen LogP contribution in [0.15, 0.2) is 40.9 Å². The number of nitrogens with zero attached hydrogens (tertiary/aromatic N) is 4. The minimum Gasteiger partial charge on any atom is -0.441 e. The van der Waals surface area contributed by atoms with Crippen LogP contribution in [0.4, 0.5) is 5.69 Å². The molecule has 0 N–H and O–H groups in total. The molecule has 7 heteroatoms. The van der Waals surface area contributed by atoms with Crippen molar-refractivity contribution in [2.75, 3.05) is 37.7 Å². The standard InChI is InChI=1S/C20H20N4O3/c25-20-19-15(21-7-5-16(19)23-9-11-26-12-10-23)13-24(20)8-6-18-22-14-3-1-2-4-17(14)27-18/h1-5,7H,6,8-13H2. The molecule has 0 radical (unpaired) electrons. The Morgan fingerprint density at radius 1 is 1.11 bits per heavy atom. The van der Waals surface area contributed by atoms with Crippen LogP contribution in [0.2, 0.25) is 0 Å². The zero-order chi connectivity index (χ0) is 18.2. The lowest BCUT2D eigenvalue weighted by atomic mass is 10.1. The van der Waals surface area contributed by atoms with E-state index in [4.69, 9.17) is 9.15 Å². The summed E-state index contributed by atoms with van der Waals surface area (Å²) < 4.78 is 11.2. The summed E-state index contributed by atoms with van der Waals surface area (Å²) >= 11 is 0. The Morgan fingerprint density at radius 3 is 2.81 bits per heavy atom. The predicted molar refractivity (Wildman–Crippen MR) is 99.7 cm³/mol. The van der Waals surface area contributed by atoms with E-state index >= 15 is 0 Å². The highest BCUT2D eigenvalue weighted by Gasteiger charge is 2.33. The molecule has 5 rings (SSSR count). The van der Waals surface area contributed by atoms with E-state index < -0.39 is 0 Å². The first-order valence-electron chi connectivity index (χ1n) is 9.24. The summed E-state index contributed by atoms with van der Waals surface area (Å²) in [6.45, 7) is 4.07. The van der Waals surface area contributed by atoms with E-state index in [9.17, 15) is 4.79 Å². The molecule has 1 amide bonds. The van der Waals surface area contributed by atoms with E-state index in [1.54, 1.807) is 6.20 Å². The largest absolute Gasteiger partial charge is 0.441 e. The molecule has 4 heterocycles. The first-order valence-corrected chi connectivity index (χ1v) is 9.24. The molecule has 0 atom stereocenters. The van der Waals surface area contributed by atoms with E-state index in [2.05, 4.69) is 14.9 Å². The highest BCUT2D eigenvalue weighted by atomic mass is 16.5. The summed E-state index contributed by atoms with van der Waals surface area (Å²) in [5.41, 5.74) is 4.18. The van der Waals surface area contributed by atoms with Crippen LogP contribution in [-0.4, -0.2) is 53.6 Å². The van der Waals surface area contributed by atoms with Crippen LogP contribution in [0.5, 0.6) is 0 Å². The number of morpholine rings is 1. The number of para-hydroxylation sites is 2. The van der Waals surface area contributed by atoms with Crippen LogP contribution in [0.3, 0.4) is 0 Å². The second-order valence-electron chi connectivity index (χ2n) is 6.80. The molecule has 7 nitrogen and oxygen atoms in total. The fourth-order valence-electron chi connectivity index (χ4n) is 3.76. The summed E-state index contributed by atoms with van der Waals surface area (Å²) in [5, 5.41) is 0. The zero-order valence-corrected chi connectivity index (χ0v) is 14.9. The second-order valence-corrected chi connectivity index (χ2v) is 6.80. The highest BCUT2D eigenvalue weighted by molar-refractivity contribution is 6.03. The zero-order valence-electron chi connectivity index (χ0n) is 14.9. The highest BCUT2D eigenvalue weighted by Crippen LogP contribution is 2.31. The summed E-state index contributed by atoms with van der Waals surface area (Å²) in [7, 11) is 0. The van der Waals surface area contributed by atoms with Crippen molar-refractivity contribution in [3.05, 3.63) is 53.7 Å². The molecule has 1 aromatic carbocycles. The van der Waals surface area contributed by atoms with E-state index in [1.165, 1.54) is 0 Å². The molecule has 1 fully saturated rings. The minimum absolute atomic E-state index is 0.0377. The van der Waals surface area contributed by atoms with Crippen LogP contribution in [0.1, 0.15) is 21.9 Å². The Kier molecular flexibility index (Phi) is 4.01. The van der Waals surface area contributed by atoms with Crippen LogP contribution in [-0.2, 0) is 17.7 Å². The first kappa shape index (κ1) is 16.3. The van der Waals surface area contributed by atoms with Gasteiger partial charge < -0.3 is 19.0 Å². The van der Waals surface area contributed by atoms with Crippen LogP contribution in [0.25, 0.3) is 11.1 Å². The number of oxazole rings is 1. The van der Waals surface area contributed by atoms with Crippen LogP contribution >= 0.6 is 0 Å². The van der Waals surface area contributed by atoms with Crippen molar-refractivity contribution in [1.29, 1.82) is 0 Å². The predicted octanol–water partition coefficient (Wildman–Crippen LogP) is 2.26. The maximum Gasteiger partial charge on any atom is 0.258 e. The SMILES string of the molecule is O=C1c2c(N3CCOCC3)ccnc2CN1CCc1nc2ccccc2o1. The number of fused-ring (bicyclic) bond motifs is 2. The maximum absolute atomic E-state index is 13.0. The van der Waals surface area contributed by atoms with Gasteiger partial charge in [-0.15, -0.1) is 0 Å². The number of ether oxygens (including phenoxy) is 1. The average Bonchev–Trinajstić information content (AvgIpc) is 3.27. The molecule has 3 aromatic rings. The van der Waals surface area contributed by atoms with Gasteiger partial charge in [0.15, 0.2) is 11.5 Å². The monoisotopic (exact) mass is 364 g/mol. The van der Waals surface area contributed by atoms with Crippen LogP contribution in [0, 0.1) is 0 Å². The number of rotatable bonds is 4. The third-order valence-electron chi connectivity index (χ3n) is 5.13. The summed E-state index contributed by atoms with van der Waals surface area (Å²) in [4.78, 5) is 26.0. The molecule has 0 aliphatic carbocycles. The lowest BCUT2D eigenvalue weighted by molar-refractivity contribution is 0.0777. The van der Waals surface area contributed by atoms with Gasteiger partial charge in [0.2, 0.25) is 0 Å². The molecule has 0 unspecified atom stereocenters. The summed E-state index contributed by atoms with van der Waals surface area (Å²) in [6.07, 6.45) is 2.38. The molecule has 1 saturated heterocycles. The topological polar surface area (TPSA) is 71.7 Å². The lowest BCUT2D eigenvalue weighted by Gasteiger charge is -2.30. The Balaban J connectivity index is 1.34. The molecular weight excluding hydrogens is 344 g/mol. The third kappa shape index (κ3) is 2.94. The van der Waals surface area contributed by atoms with E-state index in [0.29, 0.717) is 38.6 Å². The van der Waals surface area contributed by atoms with Gasteiger partial charge in [0.25, 0.3) is 5.91 Å². The van der Waals surface area contributed by atoms with Gasteiger partial charge in [-0.3, -0.25) is 9.78 Å². The fraction of sp³-hybridized carbons (Fsp3) is 0.350. The maximum atomic E-state index is 13.0. The number of hydrogen-bond acceptors (Lipinski definition) is 6. The number of benzene rings is 1. The number of anilines is 1. The first-order chi connectivity index (χ1) is 13.3. The van der Waals surface area contributed by atoms with Crippen molar-refractivity contribution < 1.29 is 13.9 Å². The number of hydrogen-bond donors (Lipinski definition) is 0. The smallest absolute Gasteiger partial charge is 0.258 e. The van der Waals surface area contributed by atoms with Crippen molar-refractivity contribution >= 4 is 22.7 Å². The van der Waals surface area contributed by atoms with Gasteiger partial charge in [0, 0.05) is 32.3 Å². The Hall–Kier alpha value is -2.93. The quantitative estimate of drug-likeness (QED) is 0.707. The number of carbonyl (C=O) groups is 1. The van der Waals surface area contributed by atoms with Gasteiger partial charge in [0.1, 0.15) is 5.52 Å². The Labute approximate surface area is 156 Å². The average molecular weight is 364 g/mol. The normalized spacial score (nSPS) is 17.0. The van der Waals surface area contributed by atoms with Crippen molar-refractivity contribution in [3.8, 4) is 0 Å². The van der Waals surface area contributed by atoms with Crippen molar-refractivity contribution in [2.45, 2.75) is 13.0 Å². The van der Waals surface area contributed by atoms with Gasteiger partial charge in [-0.05, 0) is 18.2 Å². The van der Waals surface area contributed by atoms with Gasteiger partial charge >= 0.3 is 0 Å².